The van der Waals surface area contributed by atoms with Gasteiger partial charge in [-0.25, -0.2) is 9.59 Å². The number of carboxylic acids is 1. The molecule has 0 unspecified atom stereocenters. The van der Waals surface area contributed by atoms with Crippen LogP contribution in [-0.4, -0.2) is 34.8 Å². The Morgan fingerprint density at radius 3 is 2.35 bits per heavy atom. The molecular weight excluding hydrogens is 338 g/mol. The number of aliphatic carboxylic acids is 1. The average Bonchev–Trinajstić information content (AvgIpc) is 2.55. The summed E-state index contributed by atoms with van der Waals surface area (Å²) in [4.78, 5) is 36.0. The molecule has 1 rings (SSSR count). The first-order valence-corrected chi connectivity index (χ1v) is 8.18. The third-order valence-electron chi connectivity index (χ3n) is 3.29. The van der Waals surface area contributed by atoms with Gasteiger partial charge < -0.3 is 19.9 Å². The number of nitrogens with one attached hydrogen (secondary N) is 1. The third kappa shape index (κ3) is 7.38. The molecule has 0 aliphatic rings. The minimum Gasteiger partial charge on any atom is -0.481 e. The summed E-state index contributed by atoms with van der Waals surface area (Å²) in [7, 11) is 0. The minimum absolute atomic E-state index is 0.00704. The SMILES string of the molecule is C=CC[C@H](C(=O)O)[C@H](NC(=O)OCc1ccccc1)C(=O)OC(C)(C)C. The second kappa shape index (κ2) is 9.60. The van der Waals surface area contributed by atoms with Crippen LogP contribution >= 0.6 is 0 Å². The second-order valence-electron chi connectivity index (χ2n) is 6.69. The van der Waals surface area contributed by atoms with Crippen molar-refractivity contribution in [3.05, 3.63) is 48.6 Å². The first-order chi connectivity index (χ1) is 12.1. The molecule has 7 nitrogen and oxygen atoms in total. The molecule has 0 aliphatic carbocycles. The molecule has 2 N–H and O–H groups in total. The Morgan fingerprint density at radius 1 is 1.23 bits per heavy atom. The number of alkyl carbamates (subject to hydrolysis) is 1. The van der Waals surface area contributed by atoms with E-state index in [2.05, 4.69) is 11.9 Å². The van der Waals surface area contributed by atoms with Crippen LogP contribution in [0.2, 0.25) is 0 Å². The van der Waals surface area contributed by atoms with Gasteiger partial charge in [0.2, 0.25) is 0 Å². The molecule has 1 aromatic carbocycles. The molecule has 26 heavy (non-hydrogen) atoms. The highest BCUT2D eigenvalue weighted by molar-refractivity contribution is 5.87. The van der Waals surface area contributed by atoms with Gasteiger partial charge in [0.05, 0.1) is 5.92 Å². The van der Waals surface area contributed by atoms with Crippen LogP contribution in [-0.2, 0) is 25.7 Å². The molecule has 0 bridgehead atoms. The molecule has 0 heterocycles. The zero-order valence-corrected chi connectivity index (χ0v) is 15.2. The number of benzene rings is 1. The molecule has 0 aliphatic heterocycles. The maximum absolute atomic E-state index is 12.4. The first-order valence-electron chi connectivity index (χ1n) is 8.18. The molecule has 0 fully saturated rings. The van der Waals surface area contributed by atoms with Crippen molar-refractivity contribution in [2.45, 2.75) is 45.4 Å². The lowest BCUT2D eigenvalue weighted by Crippen LogP contribution is -2.50. The highest BCUT2D eigenvalue weighted by Crippen LogP contribution is 2.17. The van der Waals surface area contributed by atoms with E-state index in [1.165, 1.54) is 6.08 Å². The number of rotatable bonds is 8. The van der Waals surface area contributed by atoms with E-state index >= 15 is 0 Å². The van der Waals surface area contributed by atoms with Crippen LogP contribution in [0.5, 0.6) is 0 Å². The molecule has 0 saturated carbocycles. The number of carbonyl (C=O) groups is 3. The Balaban J connectivity index is 2.85. The van der Waals surface area contributed by atoms with E-state index in [0.717, 1.165) is 5.56 Å². The van der Waals surface area contributed by atoms with E-state index in [-0.39, 0.29) is 13.0 Å². The number of allylic oxidation sites excluding steroid dienone is 1. The topological polar surface area (TPSA) is 102 Å². The van der Waals surface area contributed by atoms with Gasteiger partial charge in [0, 0.05) is 0 Å². The first kappa shape index (κ1) is 21.2. The summed E-state index contributed by atoms with van der Waals surface area (Å²) in [6, 6.07) is 7.57. The van der Waals surface area contributed by atoms with Crippen molar-refractivity contribution in [3.63, 3.8) is 0 Å². The average molecular weight is 363 g/mol. The monoisotopic (exact) mass is 363 g/mol. The number of esters is 1. The van der Waals surface area contributed by atoms with Gasteiger partial charge in [-0.05, 0) is 32.8 Å². The number of carbonyl (C=O) groups excluding carboxylic acids is 2. The lowest BCUT2D eigenvalue weighted by molar-refractivity contribution is -0.163. The van der Waals surface area contributed by atoms with Crippen LogP contribution < -0.4 is 5.32 Å². The molecule has 0 aromatic heterocycles. The molecule has 0 radical (unpaired) electrons. The summed E-state index contributed by atoms with van der Waals surface area (Å²) in [6.07, 6.45) is 0.450. The number of hydrogen-bond donors (Lipinski definition) is 2. The largest absolute Gasteiger partial charge is 0.481 e. The van der Waals surface area contributed by atoms with Gasteiger partial charge in [-0.3, -0.25) is 4.79 Å². The lowest BCUT2D eigenvalue weighted by Gasteiger charge is -2.27. The number of ether oxygens (including phenoxy) is 2. The second-order valence-corrected chi connectivity index (χ2v) is 6.69. The molecule has 7 heteroatoms. The Bertz CT molecular complexity index is 635. The van der Waals surface area contributed by atoms with Crippen molar-refractivity contribution in [1.82, 2.24) is 5.32 Å². The van der Waals surface area contributed by atoms with Crippen LogP contribution in [0.4, 0.5) is 4.79 Å². The summed E-state index contributed by atoms with van der Waals surface area (Å²) in [5, 5.41) is 11.7. The number of carboxylic acid groups (broad SMARTS) is 1. The highest BCUT2D eigenvalue weighted by Gasteiger charge is 2.37. The Morgan fingerprint density at radius 2 is 1.85 bits per heavy atom. The highest BCUT2D eigenvalue weighted by atomic mass is 16.6. The Hall–Kier alpha value is -2.83. The molecule has 1 amide bonds. The summed E-state index contributed by atoms with van der Waals surface area (Å²) in [5.74, 6) is -3.31. The van der Waals surface area contributed by atoms with E-state index in [1.807, 2.05) is 6.07 Å². The van der Waals surface area contributed by atoms with E-state index in [9.17, 15) is 19.5 Å². The van der Waals surface area contributed by atoms with Crippen LogP contribution in [0.15, 0.2) is 43.0 Å². The molecule has 1 aromatic rings. The van der Waals surface area contributed by atoms with Gasteiger partial charge in [0.15, 0.2) is 0 Å². The third-order valence-corrected chi connectivity index (χ3v) is 3.29. The fourth-order valence-corrected chi connectivity index (χ4v) is 2.14. The zero-order valence-electron chi connectivity index (χ0n) is 15.2. The Labute approximate surface area is 153 Å². The van der Waals surface area contributed by atoms with E-state index < -0.39 is 35.6 Å². The van der Waals surface area contributed by atoms with Gasteiger partial charge >= 0.3 is 18.0 Å². The Kier molecular flexibility index (Phi) is 7.83. The normalized spacial score (nSPS) is 13.2. The minimum atomic E-state index is -1.40. The van der Waals surface area contributed by atoms with Crippen molar-refractivity contribution in [1.29, 1.82) is 0 Å². The van der Waals surface area contributed by atoms with E-state index in [4.69, 9.17) is 9.47 Å². The molecular formula is C19H25NO6. The van der Waals surface area contributed by atoms with Gasteiger partial charge in [-0.2, -0.15) is 0 Å². The van der Waals surface area contributed by atoms with Crippen molar-refractivity contribution < 1.29 is 29.0 Å². The predicted molar refractivity (Wildman–Crippen MR) is 95.3 cm³/mol. The maximum atomic E-state index is 12.4. The van der Waals surface area contributed by atoms with Gasteiger partial charge in [0.1, 0.15) is 18.2 Å². The van der Waals surface area contributed by atoms with E-state index in [0.29, 0.717) is 0 Å². The number of amides is 1. The van der Waals surface area contributed by atoms with Crippen LogP contribution in [0.25, 0.3) is 0 Å². The fourth-order valence-electron chi connectivity index (χ4n) is 2.14. The maximum Gasteiger partial charge on any atom is 0.408 e. The van der Waals surface area contributed by atoms with E-state index in [1.54, 1.807) is 45.0 Å². The fraction of sp³-hybridized carbons (Fsp3) is 0.421. The van der Waals surface area contributed by atoms with Crippen LogP contribution in [0.1, 0.15) is 32.8 Å². The standard InChI is InChI=1S/C19H25NO6/c1-5-9-14(16(21)22)15(17(23)26-19(2,3)4)20-18(24)25-12-13-10-7-6-8-11-13/h5-8,10-11,14-15H,1,9,12H2,2-4H3,(H,20,24)(H,21,22)/t14-,15-/m0/s1. The molecule has 142 valence electrons. The van der Waals surface area contributed by atoms with Crippen LogP contribution in [0.3, 0.4) is 0 Å². The summed E-state index contributed by atoms with van der Waals surface area (Å²) in [5.41, 5.74) is -0.0697. The predicted octanol–water partition coefficient (Wildman–Crippen LogP) is 2.90. The summed E-state index contributed by atoms with van der Waals surface area (Å²) >= 11 is 0. The van der Waals surface area contributed by atoms with Crippen LogP contribution in [0, 0.1) is 5.92 Å². The molecule has 0 spiro atoms. The molecule has 2 atom stereocenters. The van der Waals surface area contributed by atoms with Gasteiger partial charge in [-0.15, -0.1) is 6.58 Å². The summed E-state index contributed by atoms with van der Waals surface area (Å²) < 4.78 is 10.3. The van der Waals surface area contributed by atoms with Gasteiger partial charge in [-0.1, -0.05) is 36.4 Å². The van der Waals surface area contributed by atoms with Crippen molar-refractivity contribution in [2.24, 2.45) is 5.92 Å². The smallest absolute Gasteiger partial charge is 0.408 e. The quantitative estimate of drug-likeness (QED) is 0.544. The summed E-state index contributed by atoms with van der Waals surface area (Å²) in [6.45, 7) is 8.44. The molecule has 0 saturated heterocycles. The van der Waals surface area contributed by atoms with Gasteiger partial charge in [0.25, 0.3) is 0 Å². The lowest BCUT2D eigenvalue weighted by atomic mass is 9.96. The number of hydrogen-bond acceptors (Lipinski definition) is 5. The zero-order chi connectivity index (χ0) is 19.7. The van der Waals surface area contributed by atoms with Crippen molar-refractivity contribution in [2.75, 3.05) is 0 Å². The van der Waals surface area contributed by atoms with Crippen molar-refractivity contribution in [3.8, 4) is 0 Å². The van der Waals surface area contributed by atoms with Crippen molar-refractivity contribution >= 4 is 18.0 Å².